The first kappa shape index (κ1) is 27.7. The van der Waals surface area contributed by atoms with Crippen LogP contribution >= 0.6 is 0 Å². The number of fused-ring (bicyclic) bond motifs is 1. The second kappa shape index (κ2) is 11.4. The molecular weight excluding hydrogens is 544 g/mol. The van der Waals surface area contributed by atoms with Crippen LogP contribution < -0.4 is 9.47 Å². The summed E-state index contributed by atoms with van der Waals surface area (Å²) in [6, 6.07) is 20.5. The van der Waals surface area contributed by atoms with Gasteiger partial charge in [-0.25, -0.2) is 9.78 Å². The first-order valence-corrected chi connectivity index (χ1v) is 13.8. The van der Waals surface area contributed by atoms with Gasteiger partial charge in [0.1, 0.15) is 29.5 Å². The number of ether oxygens (including phenoxy) is 2. The quantitative estimate of drug-likeness (QED) is 0.192. The number of aryl methyl sites for hydroxylation is 2. The largest absolute Gasteiger partial charge is 0.496 e. The Morgan fingerprint density at radius 3 is 2.44 bits per heavy atom. The molecule has 0 radical (unpaired) electrons. The topological polar surface area (TPSA) is 113 Å². The van der Waals surface area contributed by atoms with E-state index in [9.17, 15) is 9.90 Å². The molecule has 0 bridgehead atoms. The summed E-state index contributed by atoms with van der Waals surface area (Å²) in [6.07, 6.45) is 5.59. The minimum absolute atomic E-state index is 0.0591. The first-order chi connectivity index (χ1) is 20.9. The molecule has 1 N–H and O–H groups in total. The van der Waals surface area contributed by atoms with E-state index in [1.807, 2.05) is 74.8 Å². The summed E-state index contributed by atoms with van der Waals surface area (Å²) in [5.41, 5.74) is 6.48. The number of hydrogen-bond acceptors (Lipinski definition) is 7. The van der Waals surface area contributed by atoms with E-state index in [0.717, 1.165) is 44.7 Å². The molecule has 216 valence electrons. The van der Waals surface area contributed by atoms with Crippen LogP contribution in [0.1, 0.15) is 46.0 Å². The van der Waals surface area contributed by atoms with Gasteiger partial charge in [0.2, 0.25) is 0 Å². The van der Waals surface area contributed by atoms with Crippen molar-refractivity contribution in [3.8, 4) is 33.8 Å². The number of rotatable bonds is 9. The standard InChI is InChI=1S/C34H30N4O5/c1-20-31(22(3)43-37-20)25-14-26-27(18-38(33(26)36-17-25)21(2)28-12-8-9-13-35-28)32-29(41-4)15-24(34(39)40)16-30(32)42-19-23-10-6-5-7-11-23/h5-18,21H,19H2,1-4H3,(H,39,40). The van der Waals surface area contributed by atoms with Gasteiger partial charge in [-0.2, -0.15) is 0 Å². The molecule has 0 spiro atoms. The van der Waals surface area contributed by atoms with Crippen LogP contribution in [0.25, 0.3) is 33.3 Å². The van der Waals surface area contributed by atoms with E-state index in [0.29, 0.717) is 22.8 Å². The number of benzene rings is 2. The Balaban J connectivity index is 1.61. The van der Waals surface area contributed by atoms with Gasteiger partial charge in [0, 0.05) is 40.7 Å². The van der Waals surface area contributed by atoms with Crippen molar-refractivity contribution in [2.45, 2.75) is 33.4 Å². The third-order valence-corrected chi connectivity index (χ3v) is 7.56. The average Bonchev–Trinajstić information content (AvgIpc) is 3.58. The van der Waals surface area contributed by atoms with Crippen molar-refractivity contribution in [3.05, 3.63) is 114 Å². The van der Waals surface area contributed by atoms with Crippen LogP contribution in [0.5, 0.6) is 11.5 Å². The van der Waals surface area contributed by atoms with Crippen molar-refractivity contribution in [2.24, 2.45) is 0 Å². The maximum Gasteiger partial charge on any atom is 0.335 e. The lowest BCUT2D eigenvalue weighted by Gasteiger charge is -2.16. The molecule has 0 saturated heterocycles. The van der Waals surface area contributed by atoms with Crippen molar-refractivity contribution < 1.29 is 23.9 Å². The zero-order chi connectivity index (χ0) is 30.1. The summed E-state index contributed by atoms with van der Waals surface area (Å²) in [4.78, 5) is 21.6. The summed E-state index contributed by atoms with van der Waals surface area (Å²) in [5, 5.41) is 14.9. The molecule has 0 fully saturated rings. The maximum atomic E-state index is 12.1. The number of hydrogen-bond donors (Lipinski definition) is 1. The molecular formula is C34H30N4O5. The number of carboxylic acids is 1. The van der Waals surface area contributed by atoms with E-state index in [-0.39, 0.29) is 18.2 Å². The number of aromatic carboxylic acids is 1. The smallest absolute Gasteiger partial charge is 0.335 e. The van der Waals surface area contributed by atoms with Gasteiger partial charge in [-0.05, 0) is 56.7 Å². The molecule has 9 heteroatoms. The van der Waals surface area contributed by atoms with E-state index >= 15 is 0 Å². The lowest BCUT2D eigenvalue weighted by Crippen LogP contribution is -2.07. The molecule has 1 atom stereocenters. The molecule has 4 aromatic heterocycles. The normalized spacial score (nSPS) is 11.9. The molecule has 1 unspecified atom stereocenters. The summed E-state index contributed by atoms with van der Waals surface area (Å²) in [7, 11) is 1.52. The van der Waals surface area contributed by atoms with E-state index in [2.05, 4.69) is 27.7 Å². The van der Waals surface area contributed by atoms with E-state index in [4.69, 9.17) is 19.0 Å². The highest BCUT2D eigenvalue weighted by Crippen LogP contribution is 2.45. The van der Waals surface area contributed by atoms with Crippen LogP contribution in [0.4, 0.5) is 0 Å². The Bertz CT molecular complexity index is 1910. The van der Waals surface area contributed by atoms with Crippen LogP contribution in [0.2, 0.25) is 0 Å². The van der Waals surface area contributed by atoms with Gasteiger partial charge in [0.25, 0.3) is 0 Å². The molecule has 6 rings (SSSR count). The Labute approximate surface area is 248 Å². The zero-order valence-corrected chi connectivity index (χ0v) is 24.2. The average molecular weight is 575 g/mol. The van der Waals surface area contributed by atoms with E-state index < -0.39 is 5.97 Å². The molecule has 9 nitrogen and oxygen atoms in total. The Kier molecular flexibility index (Phi) is 7.38. The van der Waals surface area contributed by atoms with Crippen LogP contribution in [0.15, 0.2) is 89.8 Å². The van der Waals surface area contributed by atoms with Gasteiger partial charge in [-0.3, -0.25) is 4.98 Å². The first-order valence-electron chi connectivity index (χ1n) is 13.8. The molecule has 0 saturated carbocycles. The number of aromatic nitrogens is 4. The number of pyridine rings is 2. The van der Waals surface area contributed by atoms with Gasteiger partial charge in [0.05, 0.1) is 35.7 Å². The lowest BCUT2D eigenvalue weighted by molar-refractivity contribution is 0.0696. The maximum absolute atomic E-state index is 12.1. The van der Waals surface area contributed by atoms with Gasteiger partial charge < -0.3 is 23.7 Å². The molecule has 4 heterocycles. The predicted molar refractivity (Wildman–Crippen MR) is 162 cm³/mol. The van der Waals surface area contributed by atoms with Crippen molar-refractivity contribution in [3.63, 3.8) is 0 Å². The zero-order valence-electron chi connectivity index (χ0n) is 24.2. The minimum Gasteiger partial charge on any atom is -0.496 e. The Morgan fingerprint density at radius 2 is 1.77 bits per heavy atom. The third-order valence-electron chi connectivity index (χ3n) is 7.56. The van der Waals surface area contributed by atoms with Crippen molar-refractivity contribution >= 4 is 17.0 Å². The van der Waals surface area contributed by atoms with Gasteiger partial charge in [0.15, 0.2) is 0 Å². The molecule has 43 heavy (non-hydrogen) atoms. The van der Waals surface area contributed by atoms with Crippen LogP contribution in [0, 0.1) is 13.8 Å². The van der Waals surface area contributed by atoms with Crippen LogP contribution in [0.3, 0.4) is 0 Å². The molecule has 0 amide bonds. The SMILES string of the molecule is COc1cc(C(=O)O)cc(OCc2ccccc2)c1-c1cn(C(C)c2ccccn2)c2ncc(-c3c(C)noc3C)cc12. The Morgan fingerprint density at radius 1 is 1.00 bits per heavy atom. The number of carboxylic acid groups (broad SMARTS) is 1. The molecule has 6 aromatic rings. The molecule has 0 aliphatic carbocycles. The Hall–Kier alpha value is -5.44. The van der Waals surface area contributed by atoms with E-state index in [1.165, 1.54) is 13.2 Å². The van der Waals surface area contributed by atoms with Crippen LogP contribution in [-0.4, -0.2) is 37.9 Å². The molecule has 2 aromatic carbocycles. The second-order valence-corrected chi connectivity index (χ2v) is 10.3. The highest BCUT2D eigenvalue weighted by atomic mass is 16.5. The van der Waals surface area contributed by atoms with Crippen LogP contribution in [-0.2, 0) is 6.61 Å². The fraction of sp³-hybridized carbons (Fsp3) is 0.176. The molecule has 0 aliphatic rings. The third kappa shape index (κ3) is 5.21. The summed E-state index contributed by atoms with van der Waals surface area (Å²) in [6.45, 7) is 6.07. The van der Waals surface area contributed by atoms with Crippen molar-refractivity contribution in [1.29, 1.82) is 0 Å². The molecule has 0 aliphatic heterocycles. The van der Waals surface area contributed by atoms with E-state index in [1.54, 1.807) is 12.3 Å². The van der Waals surface area contributed by atoms with Gasteiger partial charge in [-0.15, -0.1) is 0 Å². The number of carbonyl (C=O) groups is 1. The summed E-state index contributed by atoms with van der Waals surface area (Å²) >= 11 is 0. The summed E-state index contributed by atoms with van der Waals surface area (Å²) in [5.74, 6) is 0.364. The monoisotopic (exact) mass is 574 g/mol. The predicted octanol–water partition coefficient (Wildman–Crippen LogP) is 7.27. The fourth-order valence-electron chi connectivity index (χ4n) is 5.41. The highest BCUT2D eigenvalue weighted by molar-refractivity contribution is 6.01. The lowest BCUT2D eigenvalue weighted by atomic mass is 9.99. The highest BCUT2D eigenvalue weighted by Gasteiger charge is 2.25. The van der Waals surface area contributed by atoms with Gasteiger partial charge in [-0.1, -0.05) is 41.6 Å². The van der Waals surface area contributed by atoms with Crippen molar-refractivity contribution in [2.75, 3.05) is 7.11 Å². The minimum atomic E-state index is -1.08. The van der Waals surface area contributed by atoms with Crippen molar-refractivity contribution in [1.82, 2.24) is 19.7 Å². The number of methoxy groups -OCH3 is 1. The van der Waals surface area contributed by atoms with Gasteiger partial charge >= 0.3 is 5.97 Å². The fourth-order valence-corrected chi connectivity index (χ4v) is 5.41. The second-order valence-electron chi connectivity index (χ2n) is 10.3. The summed E-state index contributed by atoms with van der Waals surface area (Å²) < 4.78 is 19.7. The number of nitrogens with zero attached hydrogens (tertiary/aromatic N) is 4.